The molecule has 0 radical (unpaired) electrons. The van der Waals surface area contributed by atoms with E-state index in [1.54, 1.807) is 49.4 Å². The van der Waals surface area contributed by atoms with Gasteiger partial charge in [-0.05, 0) is 37.6 Å². The molecule has 7 nitrogen and oxygen atoms in total. The number of carbonyl (C=O) groups is 2. The molecule has 0 bridgehead atoms. The van der Waals surface area contributed by atoms with Crippen LogP contribution in [-0.2, 0) is 16.6 Å². The number of benzene rings is 2. The van der Waals surface area contributed by atoms with Crippen LogP contribution in [0.3, 0.4) is 0 Å². The number of carbonyl (C=O) groups excluding carboxylic acids is 2. The van der Waals surface area contributed by atoms with E-state index in [0.29, 0.717) is 27.0 Å². The number of hydrogen-bond acceptors (Lipinski definition) is 5. The van der Waals surface area contributed by atoms with E-state index in [9.17, 15) is 14.4 Å². The van der Waals surface area contributed by atoms with Crippen molar-refractivity contribution in [3.05, 3.63) is 69.1 Å². The Hall–Kier alpha value is -3.19. The van der Waals surface area contributed by atoms with Gasteiger partial charge in [0.25, 0.3) is 11.5 Å². The minimum Gasteiger partial charge on any atom is -0.448 e. The van der Waals surface area contributed by atoms with Crippen molar-refractivity contribution in [3.8, 4) is 0 Å². The minimum absolute atomic E-state index is 0.0312. The highest BCUT2D eigenvalue weighted by molar-refractivity contribution is 6.31. The third kappa shape index (κ3) is 3.75. The average molecular weight is 400 g/mol. The Bertz CT molecular complexity index is 1140. The molecular formula is C20H18ClN3O4. The van der Waals surface area contributed by atoms with Gasteiger partial charge in [0.15, 0.2) is 11.8 Å². The van der Waals surface area contributed by atoms with Gasteiger partial charge in [-0.25, -0.2) is 9.48 Å². The molecule has 2 aromatic carbocycles. The van der Waals surface area contributed by atoms with Crippen molar-refractivity contribution in [2.75, 3.05) is 5.32 Å². The van der Waals surface area contributed by atoms with Crippen LogP contribution in [0.25, 0.3) is 10.8 Å². The summed E-state index contributed by atoms with van der Waals surface area (Å²) in [6.45, 7) is 3.23. The fourth-order valence-corrected chi connectivity index (χ4v) is 2.87. The van der Waals surface area contributed by atoms with Gasteiger partial charge in [0, 0.05) is 23.1 Å². The summed E-state index contributed by atoms with van der Waals surface area (Å²) in [7, 11) is 1.45. The van der Waals surface area contributed by atoms with Gasteiger partial charge in [0.05, 0.1) is 5.39 Å². The molecule has 3 aromatic rings. The average Bonchev–Trinajstić information content (AvgIpc) is 2.68. The molecule has 0 unspecified atom stereocenters. The van der Waals surface area contributed by atoms with Crippen LogP contribution in [-0.4, -0.2) is 27.8 Å². The molecule has 1 N–H and O–H groups in total. The summed E-state index contributed by atoms with van der Waals surface area (Å²) in [5.41, 5.74) is 0.888. The second-order valence-corrected chi connectivity index (χ2v) is 6.68. The van der Waals surface area contributed by atoms with Crippen LogP contribution >= 0.6 is 11.6 Å². The second-order valence-electron chi connectivity index (χ2n) is 6.27. The van der Waals surface area contributed by atoms with Crippen LogP contribution < -0.4 is 10.9 Å². The maximum Gasteiger partial charge on any atom is 0.360 e. The molecule has 0 saturated carbocycles. The van der Waals surface area contributed by atoms with Gasteiger partial charge in [-0.3, -0.25) is 9.59 Å². The lowest BCUT2D eigenvalue weighted by Gasteiger charge is -2.15. The molecule has 1 atom stereocenters. The van der Waals surface area contributed by atoms with Gasteiger partial charge in [0.1, 0.15) is 0 Å². The van der Waals surface area contributed by atoms with Crippen LogP contribution in [0.1, 0.15) is 23.0 Å². The van der Waals surface area contributed by atoms with E-state index in [1.807, 2.05) is 0 Å². The molecule has 3 rings (SSSR count). The first-order valence-corrected chi connectivity index (χ1v) is 8.90. The molecule has 1 amide bonds. The molecule has 0 aliphatic rings. The number of aromatic nitrogens is 2. The summed E-state index contributed by atoms with van der Waals surface area (Å²) in [4.78, 5) is 37.2. The minimum atomic E-state index is -1.08. The number of aryl methyl sites for hydroxylation is 1. The Morgan fingerprint density at radius 1 is 1.14 bits per heavy atom. The number of amides is 1. The lowest BCUT2D eigenvalue weighted by atomic mass is 10.1. The summed E-state index contributed by atoms with van der Waals surface area (Å²) in [6, 6.07) is 11.7. The van der Waals surface area contributed by atoms with Crippen molar-refractivity contribution in [1.82, 2.24) is 9.78 Å². The number of ether oxygens (including phenoxy) is 1. The normalized spacial score (nSPS) is 11.9. The van der Waals surface area contributed by atoms with Gasteiger partial charge < -0.3 is 10.1 Å². The summed E-state index contributed by atoms with van der Waals surface area (Å²) >= 11 is 6.05. The first-order chi connectivity index (χ1) is 13.3. The zero-order valence-electron chi connectivity index (χ0n) is 15.5. The van der Waals surface area contributed by atoms with Crippen molar-refractivity contribution in [2.45, 2.75) is 20.0 Å². The van der Waals surface area contributed by atoms with Gasteiger partial charge in [0.2, 0.25) is 0 Å². The van der Waals surface area contributed by atoms with Crippen LogP contribution in [0.15, 0.2) is 47.3 Å². The van der Waals surface area contributed by atoms with Crippen LogP contribution in [0.5, 0.6) is 0 Å². The zero-order valence-corrected chi connectivity index (χ0v) is 16.3. The monoisotopic (exact) mass is 399 g/mol. The highest BCUT2D eigenvalue weighted by Gasteiger charge is 2.23. The van der Waals surface area contributed by atoms with E-state index in [2.05, 4.69) is 10.4 Å². The number of esters is 1. The summed E-state index contributed by atoms with van der Waals surface area (Å²) < 4.78 is 6.35. The van der Waals surface area contributed by atoms with Crippen molar-refractivity contribution < 1.29 is 14.3 Å². The molecule has 0 spiro atoms. The van der Waals surface area contributed by atoms with Crippen LogP contribution in [0, 0.1) is 6.92 Å². The Morgan fingerprint density at radius 2 is 1.82 bits per heavy atom. The second kappa shape index (κ2) is 7.82. The fraction of sp³-hybridized carbons (Fsp3) is 0.200. The SMILES string of the molecule is Cc1c(Cl)cccc1NC(=O)[C@H](C)OC(=O)c1nn(C)c(=O)c2ccccc12. The number of nitrogens with zero attached hydrogens (tertiary/aromatic N) is 2. The molecule has 144 valence electrons. The molecule has 1 heterocycles. The number of hydrogen-bond donors (Lipinski definition) is 1. The maximum atomic E-state index is 12.6. The van der Waals surface area contributed by atoms with E-state index in [4.69, 9.17) is 16.3 Å². The van der Waals surface area contributed by atoms with E-state index in [1.165, 1.54) is 14.0 Å². The smallest absolute Gasteiger partial charge is 0.360 e. The number of fused-ring (bicyclic) bond motifs is 1. The van der Waals surface area contributed by atoms with E-state index >= 15 is 0 Å². The molecule has 0 aliphatic heterocycles. The molecule has 0 aliphatic carbocycles. The van der Waals surface area contributed by atoms with Crippen molar-refractivity contribution in [1.29, 1.82) is 0 Å². The standard InChI is InChI=1S/C20H18ClN3O4/c1-11-15(21)9-6-10-16(11)22-18(25)12(2)28-20(27)17-13-7-4-5-8-14(13)19(26)24(3)23-17/h4-10,12H,1-3H3,(H,22,25)/t12-/m0/s1. The van der Waals surface area contributed by atoms with Gasteiger partial charge >= 0.3 is 5.97 Å². The van der Waals surface area contributed by atoms with Crippen LogP contribution in [0.2, 0.25) is 5.02 Å². The van der Waals surface area contributed by atoms with Crippen molar-refractivity contribution in [3.63, 3.8) is 0 Å². The predicted molar refractivity (Wildman–Crippen MR) is 107 cm³/mol. The molecule has 0 fully saturated rings. The van der Waals surface area contributed by atoms with Crippen molar-refractivity contribution >= 4 is 39.9 Å². The summed E-state index contributed by atoms with van der Waals surface area (Å²) in [5, 5.41) is 7.92. The van der Waals surface area contributed by atoms with Gasteiger partial charge in [-0.1, -0.05) is 35.9 Å². The molecular weight excluding hydrogens is 382 g/mol. The predicted octanol–water partition coefficient (Wildman–Crippen LogP) is 3.08. The maximum absolute atomic E-state index is 12.6. The highest BCUT2D eigenvalue weighted by atomic mass is 35.5. The number of halogens is 1. The Labute approximate surface area is 165 Å². The first kappa shape index (κ1) is 19.6. The van der Waals surface area contributed by atoms with E-state index < -0.39 is 18.0 Å². The Morgan fingerprint density at radius 3 is 2.54 bits per heavy atom. The van der Waals surface area contributed by atoms with E-state index in [0.717, 1.165) is 4.68 Å². The van der Waals surface area contributed by atoms with Gasteiger partial charge in [-0.2, -0.15) is 5.10 Å². The Kier molecular flexibility index (Phi) is 5.46. The third-order valence-corrected chi connectivity index (χ3v) is 4.74. The quantitative estimate of drug-likeness (QED) is 0.681. The summed E-state index contributed by atoms with van der Waals surface area (Å²) in [6.07, 6.45) is -1.08. The molecule has 1 aromatic heterocycles. The van der Waals surface area contributed by atoms with E-state index in [-0.39, 0.29) is 11.3 Å². The number of rotatable bonds is 4. The molecule has 0 saturated heterocycles. The molecule has 28 heavy (non-hydrogen) atoms. The first-order valence-electron chi connectivity index (χ1n) is 8.52. The largest absolute Gasteiger partial charge is 0.448 e. The van der Waals surface area contributed by atoms with Crippen molar-refractivity contribution in [2.24, 2.45) is 7.05 Å². The highest BCUT2D eigenvalue weighted by Crippen LogP contribution is 2.23. The number of anilines is 1. The molecule has 8 heteroatoms. The van der Waals surface area contributed by atoms with Crippen LogP contribution in [0.4, 0.5) is 5.69 Å². The lowest BCUT2D eigenvalue weighted by molar-refractivity contribution is -0.123. The lowest BCUT2D eigenvalue weighted by Crippen LogP contribution is -2.31. The zero-order chi connectivity index (χ0) is 20.4. The Balaban J connectivity index is 1.82. The third-order valence-electron chi connectivity index (χ3n) is 4.33. The summed E-state index contributed by atoms with van der Waals surface area (Å²) in [5.74, 6) is -1.30. The number of nitrogens with one attached hydrogen (secondary N) is 1. The fourth-order valence-electron chi connectivity index (χ4n) is 2.70. The van der Waals surface area contributed by atoms with Gasteiger partial charge in [-0.15, -0.1) is 0 Å². The topological polar surface area (TPSA) is 90.3 Å².